The Morgan fingerprint density at radius 1 is 0.729 bits per heavy atom. The maximum Gasteiger partial charge on any atom is 0.247 e. The van der Waals surface area contributed by atoms with Gasteiger partial charge in [-0.05, 0) is 52.6 Å². The molecule has 2 amide bonds. The number of halogens is 1. The molecule has 4 aromatic carbocycles. The molecule has 7 heteroatoms. The first-order valence-corrected chi connectivity index (χ1v) is 17.1. The molecule has 6 rings (SSSR count). The van der Waals surface area contributed by atoms with Crippen molar-refractivity contribution in [1.29, 1.82) is 0 Å². The van der Waals surface area contributed by atoms with E-state index in [1.807, 2.05) is 114 Å². The van der Waals surface area contributed by atoms with Gasteiger partial charge < -0.3 is 9.80 Å². The van der Waals surface area contributed by atoms with Crippen LogP contribution in [0.5, 0.6) is 0 Å². The summed E-state index contributed by atoms with van der Waals surface area (Å²) >= 11 is 3.48. The van der Waals surface area contributed by atoms with Crippen molar-refractivity contribution < 1.29 is 9.59 Å². The molecule has 6 nitrogen and oxygen atoms in total. The van der Waals surface area contributed by atoms with Crippen LogP contribution in [0.25, 0.3) is 17.3 Å². The molecule has 0 radical (unpaired) electrons. The third-order valence-corrected chi connectivity index (χ3v) is 9.23. The molecule has 242 valence electrons. The predicted molar refractivity (Wildman–Crippen MR) is 196 cm³/mol. The minimum absolute atomic E-state index is 0.0197. The second-order valence-electron chi connectivity index (χ2n) is 12.1. The zero-order valence-electron chi connectivity index (χ0n) is 26.9. The quantitative estimate of drug-likeness (QED) is 0.134. The molecule has 0 bridgehead atoms. The molecule has 0 saturated carbocycles. The number of benzene rings is 4. The Kier molecular flexibility index (Phi) is 11.2. The molecule has 1 atom stereocenters. The molecule has 5 aromatic rings. The normalized spacial score (nSPS) is 14.1. The second-order valence-corrected chi connectivity index (χ2v) is 13.0. The van der Waals surface area contributed by atoms with Crippen LogP contribution in [-0.4, -0.2) is 63.7 Å². The zero-order chi connectivity index (χ0) is 33.1. The number of hydrogen-bond donors (Lipinski definition) is 0. The number of hydrogen-bond acceptors (Lipinski definition) is 4. The number of piperazine rings is 1. The van der Waals surface area contributed by atoms with Gasteiger partial charge in [-0.3, -0.25) is 19.5 Å². The molecule has 0 aliphatic carbocycles. The number of pyridine rings is 1. The third kappa shape index (κ3) is 8.94. The summed E-state index contributed by atoms with van der Waals surface area (Å²) in [4.78, 5) is 39.3. The lowest BCUT2D eigenvalue weighted by molar-refractivity contribution is -0.145. The summed E-state index contributed by atoms with van der Waals surface area (Å²) in [5.41, 5.74) is 6.02. The van der Waals surface area contributed by atoms with E-state index in [1.165, 1.54) is 5.56 Å². The molecule has 0 spiro atoms. The monoisotopic (exact) mass is 698 g/mol. The van der Waals surface area contributed by atoms with Gasteiger partial charge in [-0.15, -0.1) is 0 Å². The second kappa shape index (κ2) is 16.3. The Balaban J connectivity index is 1.27. The van der Waals surface area contributed by atoms with E-state index < -0.39 is 6.04 Å². The summed E-state index contributed by atoms with van der Waals surface area (Å²) in [7, 11) is 0. The topological polar surface area (TPSA) is 56.8 Å². The highest BCUT2D eigenvalue weighted by Crippen LogP contribution is 2.22. The van der Waals surface area contributed by atoms with Crippen LogP contribution in [-0.2, 0) is 29.1 Å². The predicted octanol–water partition coefficient (Wildman–Crippen LogP) is 7.51. The molecule has 2 heterocycles. The van der Waals surface area contributed by atoms with E-state index in [4.69, 9.17) is 0 Å². The minimum Gasteiger partial charge on any atom is -0.338 e. The molecule has 1 aliphatic heterocycles. The Labute approximate surface area is 291 Å². The third-order valence-electron chi connectivity index (χ3n) is 8.71. The average Bonchev–Trinajstić information content (AvgIpc) is 3.14. The number of aromatic nitrogens is 1. The Hall–Kier alpha value is -4.85. The van der Waals surface area contributed by atoms with Crippen molar-refractivity contribution in [2.24, 2.45) is 0 Å². The maximum atomic E-state index is 14.5. The number of nitrogens with zero attached hydrogens (tertiary/aromatic N) is 4. The van der Waals surface area contributed by atoms with E-state index in [-0.39, 0.29) is 11.8 Å². The number of rotatable bonds is 11. The van der Waals surface area contributed by atoms with Crippen LogP contribution in [0.2, 0.25) is 0 Å². The average molecular weight is 700 g/mol. The molecule has 1 saturated heterocycles. The molecule has 1 aliphatic rings. The van der Waals surface area contributed by atoms with E-state index >= 15 is 0 Å². The molecular weight excluding hydrogens is 660 g/mol. The van der Waals surface area contributed by atoms with Crippen LogP contribution in [0.1, 0.15) is 22.3 Å². The first-order chi connectivity index (χ1) is 23.5. The van der Waals surface area contributed by atoms with Gasteiger partial charge in [-0.25, -0.2) is 0 Å². The van der Waals surface area contributed by atoms with Crippen molar-refractivity contribution in [2.45, 2.75) is 25.6 Å². The Morgan fingerprint density at radius 3 is 2.02 bits per heavy atom. The van der Waals surface area contributed by atoms with E-state index in [1.54, 1.807) is 17.2 Å². The Morgan fingerprint density at radius 2 is 1.38 bits per heavy atom. The molecule has 1 aromatic heterocycles. The highest BCUT2D eigenvalue weighted by Gasteiger charge is 2.34. The van der Waals surface area contributed by atoms with Crippen LogP contribution < -0.4 is 0 Å². The van der Waals surface area contributed by atoms with Gasteiger partial charge in [-0.1, -0.05) is 119 Å². The largest absolute Gasteiger partial charge is 0.338 e. The number of carbonyl (C=O) groups is 2. The fourth-order valence-corrected chi connectivity index (χ4v) is 6.30. The molecule has 1 fully saturated rings. The summed E-state index contributed by atoms with van der Waals surface area (Å²) in [6.45, 7) is 3.95. The lowest BCUT2D eigenvalue weighted by Gasteiger charge is -2.39. The lowest BCUT2D eigenvalue weighted by atomic mass is 10.0. The fraction of sp³-hybridized carbons (Fsp3) is 0.195. The van der Waals surface area contributed by atoms with Crippen LogP contribution in [0.4, 0.5) is 0 Å². The summed E-state index contributed by atoms with van der Waals surface area (Å²) < 4.78 is 0.971. The fourth-order valence-electron chi connectivity index (χ4n) is 6.04. The maximum absolute atomic E-state index is 14.5. The molecule has 0 N–H and O–H groups in total. The van der Waals surface area contributed by atoms with Crippen molar-refractivity contribution in [3.05, 3.63) is 166 Å². The van der Waals surface area contributed by atoms with Crippen LogP contribution in [0, 0.1) is 0 Å². The number of carbonyl (C=O) groups excluding carboxylic acids is 2. The highest BCUT2D eigenvalue weighted by molar-refractivity contribution is 9.10. The van der Waals surface area contributed by atoms with Crippen LogP contribution >= 0.6 is 15.9 Å². The molecule has 48 heavy (non-hydrogen) atoms. The summed E-state index contributed by atoms with van der Waals surface area (Å²) in [5.74, 6) is -0.225. The van der Waals surface area contributed by atoms with Crippen molar-refractivity contribution in [1.82, 2.24) is 19.7 Å². The lowest BCUT2D eigenvalue weighted by Crippen LogP contribution is -2.56. The van der Waals surface area contributed by atoms with Crippen molar-refractivity contribution in [3.63, 3.8) is 0 Å². The van der Waals surface area contributed by atoms with Gasteiger partial charge in [-0.2, -0.15) is 0 Å². The zero-order valence-corrected chi connectivity index (χ0v) is 28.5. The molecule has 1 unspecified atom stereocenters. The smallest absolute Gasteiger partial charge is 0.247 e. The number of amides is 2. The van der Waals surface area contributed by atoms with Crippen LogP contribution in [0.3, 0.4) is 0 Å². The van der Waals surface area contributed by atoms with Gasteiger partial charge in [0, 0.05) is 68.0 Å². The van der Waals surface area contributed by atoms with Gasteiger partial charge >= 0.3 is 0 Å². The molecular formula is C41H39BrN4O2. The standard InChI is InChI=1S/C41H39BrN4O2/c42-37-21-16-32(17-22-37)18-23-40(47)46(31-35-14-19-36(20-15-35)38-13-7-8-24-43-38)39(29-33-9-3-1-4-10-33)41(48)45-27-25-44(26-28-45)30-34-11-5-2-6-12-34/h1-24,39H,25-31H2. The Bertz CT molecular complexity index is 1790. The first kappa shape index (κ1) is 33.1. The van der Waals surface area contributed by atoms with E-state index in [0.29, 0.717) is 26.1 Å². The van der Waals surface area contributed by atoms with Crippen molar-refractivity contribution in [2.75, 3.05) is 26.2 Å². The SMILES string of the molecule is O=C(C(Cc1ccccc1)N(Cc1ccc(-c2ccccn2)cc1)C(=O)C=Cc1ccc(Br)cc1)N1CCN(Cc2ccccc2)CC1. The van der Waals surface area contributed by atoms with Gasteiger partial charge in [0.15, 0.2) is 0 Å². The van der Waals surface area contributed by atoms with Gasteiger partial charge in [0.1, 0.15) is 6.04 Å². The van der Waals surface area contributed by atoms with Gasteiger partial charge in [0.05, 0.1) is 5.69 Å². The highest BCUT2D eigenvalue weighted by atomic mass is 79.9. The van der Waals surface area contributed by atoms with Crippen molar-refractivity contribution in [3.8, 4) is 11.3 Å². The van der Waals surface area contributed by atoms with E-state index in [2.05, 4.69) is 50.1 Å². The van der Waals surface area contributed by atoms with Gasteiger partial charge in [0.25, 0.3) is 0 Å². The van der Waals surface area contributed by atoms with Crippen molar-refractivity contribution >= 4 is 33.8 Å². The van der Waals surface area contributed by atoms with E-state index in [9.17, 15) is 9.59 Å². The van der Waals surface area contributed by atoms with Gasteiger partial charge in [0.2, 0.25) is 11.8 Å². The summed E-state index contributed by atoms with van der Waals surface area (Å²) in [5, 5.41) is 0. The van der Waals surface area contributed by atoms with Crippen LogP contribution in [0.15, 0.2) is 144 Å². The minimum atomic E-state index is -0.675. The van der Waals surface area contributed by atoms with E-state index in [0.717, 1.165) is 52.1 Å². The summed E-state index contributed by atoms with van der Waals surface area (Å²) in [6.07, 6.45) is 5.61. The first-order valence-electron chi connectivity index (χ1n) is 16.4. The summed E-state index contributed by atoms with van der Waals surface area (Å²) in [6, 6.07) is 41.5.